The molecule has 8 rings (SSSR count). The zero-order valence-electron chi connectivity index (χ0n) is 22.6. The summed E-state index contributed by atoms with van der Waals surface area (Å²) < 4.78 is 14.6. The first-order chi connectivity index (χ1) is 20.8. The quantitative estimate of drug-likeness (QED) is 0.235. The average molecular weight is 544 g/mol. The number of ether oxygens (including phenoxy) is 2. The van der Waals surface area contributed by atoms with E-state index in [-0.39, 0.29) is 0 Å². The molecule has 0 spiro atoms. The number of hydrogen-bond acceptors (Lipinski definition) is 4. The molecule has 5 heteroatoms. The van der Waals surface area contributed by atoms with Gasteiger partial charge >= 0.3 is 0 Å². The molecule has 0 saturated carbocycles. The summed E-state index contributed by atoms with van der Waals surface area (Å²) >= 11 is 0. The number of anilines is 2. The van der Waals surface area contributed by atoms with Gasteiger partial charge < -0.3 is 19.4 Å². The SMILES string of the molecule is C1=Cc2cccc(-n3c4ccccc4c4ccc(Oc5cccc(Oc6ccccn6)c5)cc43)c2Nc2ccccc21. The van der Waals surface area contributed by atoms with Crippen molar-refractivity contribution < 1.29 is 9.47 Å². The lowest BCUT2D eigenvalue weighted by Crippen LogP contribution is -2.02. The third-order valence-corrected chi connectivity index (χ3v) is 7.53. The molecule has 0 atom stereocenters. The fourth-order valence-electron chi connectivity index (χ4n) is 5.63. The second-order valence-corrected chi connectivity index (χ2v) is 10.2. The van der Waals surface area contributed by atoms with Gasteiger partial charge in [0.15, 0.2) is 0 Å². The van der Waals surface area contributed by atoms with E-state index in [1.54, 1.807) is 6.20 Å². The van der Waals surface area contributed by atoms with Crippen LogP contribution in [0.4, 0.5) is 11.4 Å². The Bertz CT molecular complexity index is 2130. The number of nitrogens with one attached hydrogen (secondary N) is 1. The highest BCUT2D eigenvalue weighted by Crippen LogP contribution is 2.40. The molecule has 7 aromatic rings. The van der Waals surface area contributed by atoms with Crippen molar-refractivity contribution in [2.45, 2.75) is 0 Å². The predicted molar refractivity (Wildman–Crippen MR) is 170 cm³/mol. The smallest absolute Gasteiger partial charge is 0.219 e. The second kappa shape index (κ2) is 9.98. The molecule has 0 saturated heterocycles. The van der Waals surface area contributed by atoms with E-state index >= 15 is 0 Å². The summed E-state index contributed by atoms with van der Waals surface area (Å²) in [6.45, 7) is 0. The van der Waals surface area contributed by atoms with E-state index in [0.29, 0.717) is 17.4 Å². The van der Waals surface area contributed by atoms with Crippen LogP contribution in [0.2, 0.25) is 0 Å². The molecule has 0 unspecified atom stereocenters. The maximum atomic E-state index is 6.39. The van der Waals surface area contributed by atoms with E-state index in [2.05, 4.69) is 106 Å². The van der Waals surface area contributed by atoms with Crippen LogP contribution in [0.15, 0.2) is 134 Å². The topological polar surface area (TPSA) is 48.3 Å². The summed E-state index contributed by atoms with van der Waals surface area (Å²) in [6, 6.07) is 42.8. The van der Waals surface area contributed by atoms with Gasteiger partial charge in [-0.15, -0.1) is 0 Å². The second-order valence-electron chi connectivity index (χ2n) is 10.2. The molecule has 0 amide bonds. The van der Waals surface area contributed by atoms with Crippen LogP contribution in [-0.4, -0.2) is 9.55 Å². The van der Waals surface area contributed by atoms with Gasteiger partial charge in [-0.2, -0.15) is 0 Å². The van der Waals surface area contributed by atoms with Crippen molar-refractivity contribution in [2.75, 3.05) is 5.32 Å². The largest absolute Gasteiger partial charge is 0.457 e. The van der Waals surface area contributed by atoms with E-state index < -0.39 is 0 Å². The minimum Gasteiger partial charge on any atom is -0.457 e. The van der Waals surface area contributed by atoms with Gasteiger partial charge in [0.2, 0.25) is 5.88 Å². The van der Waals surface area contributed by atoms with Crippen LogP contribution >= 0.6 is 0 Å². The first-order valence-corrected chi connectivity index (χ1v) is 13.9. The van der Waals surface area contributed by atoms with Gasteiger partial charge in [0.1, 0.15) is 17.2 Å². The van der Waals surface area contributed by atoms with Crippen molar-refractivity contribution in [1.29, 1.82) is 0 Å². The Morgan fingerprint density at radius 3 is 2.21 bits per heavy atom. The molecule has 200 valence electrons. The highest BCUT2D eigenvalue weighted by atomic mass is 16.5. The Hall–Kier alpha value is -5.81. The van der Waals surface area contributed by atoms with Crippen LogP contribution in [0.3, 0.4) is 0 Å². The van der Waals surface area contributed by atoms with Crippen molar-refractivity contribution in [3.63, 3.8) is 0 Å². The summed E-state index contributed by atoms with van der Waals surface area (Å²) in [5.41, 5.74) is 7.70. The number of nitrogens with zero attached hydrogens (tertiary/aromatic N) is 2. The summed E-state index contributed by atoms with van der Waals surface area (Å²) in [6.07, 6.45) is 6.06. The molecule has 5 aromatic carbocycles. The highest BCUT2D eigenvalue weighted by Gasteiger charge is 2.19. The third-order valence-electron chi connectivity index (χ3n) is 7.53. The molecule has 1 N–H and O–H groups in total. The normalized spacial score (nSPS) is 11.9. The minimum absolute atomic E-state index is 0.536. The number of fused-ring (bicyclic) bond motifs is 5. The lowest BCUT2D eigenvalue weighted by molar-refractivity contribution is 0.449. The van der Waals surface area contributed by atoms with E-state index in [4.69, 9.17) is 9.47 Å². The molecule has 1 aliphatic heterocycles. The predicted octanol–water partition coefficient (Wildman–Crippen LogP) is 9.99. The van der Waals surface area contributed by atoms with E-state index in [9.17, 15) is 0 Å². The average Bonchev–Trinajstić information content (AvgIpc) is 3.21. The number of aromatic nitrogens is 2. The Kier molecular flexibility index (Phi) is 5.71. The van der Waals surface area contributed by atoms with Crippen molar-refractivity contribution in [2.24, 2.45) is 0 Å². The molecule has 0 radical (unpaired) electrons. The number of hydrogen-bond donors (Lipinski definition) is 1. The van der Waals surface area contributed by atoms with E-state index in [1.807, 2.05) is 48.5 Å². The molecule has 42 heavy (non-hydrogen) atoms. The van der Waals surface area contributed by atoms with E-state index in [0.717, 1.165) is 50.4 Å². The van der Waals surface area contributed by atoms with Gasteiger partial charge in [-0.25, -0.2) is 4.98 Å². The third kappa shape index (κ3) is 4.25. The Labute approximate surface area is 242 Å². The van der Waals surface area contributed by atoms with Gasteiger partial charge in [0.25, 0.3) is 0 Å². The van der Waals surface area contributed by atoms with Gasteiger partial charge in [-0.1, -0.05) is 72.8 Å². The Balaban J connectivity index is 1.24. The fraction of sp³-hybridized carbons (Fsp3) is 0. The Morgan fingerprint density at radius 2 is 1.29 bits per heavy atom. The zero-order valence-corrected chi connectivity index (χ0v) is 22.6. The number of pyridine rings is 1. The summed E-state index contributed by atoms with van der Waals surface area (Å²) in [5.74, 6) is 2.62. The molecule has 2 aromatic heterocycles. The van der Waals surface area contributed by atoms with Gasteiger partial charge in [-0.05, 0) is 54.1 Å². The number of para-hydroxylation sites is 3. The lowest BCUT2D eigenvalue weighted by atomic mass is 10.1. The first-order valence-electron chi connectivity index (χ1n) is 13.9. The van der Waals surface area contributed by atoms with Crippen molar-refractivity contribution in [1.82, 2.24) is 9.55 Å². The summed E-state index contributed by atoms with van der Waals surface area (Å²) in [5, 5.41) is 6.08. The minimum atomic E-state index is 0.536. The van der Waals surface area contributed by atoms with Crippen LogP contribution in [0, 0.1) is 0 Å². The fourth-order valence-corrected chi connectivity index (χ4v) is 5.63. The van der Waals surface area contributed by atoms with Crippen LogP contribution in [0.5, 0.6) is 23.1 Å². The first kappa shape index (κ1) is 24.0. The van der Waals surface area contributed by atoms with E-state index in [1.165, 1.54) is 5.39 Å². The highest BCUT2D eigenvalue weighted by molar-refractivity contribution is 6.10. The van der Waals surface area contributed by atoms with Crippen molar-refractivity contribution in [3.8, 4) is 28.8 Å². The molecular weight excluding hydrogens is 518 g/mol. The maximum Gasteiger partial charge on any atom is 0.219 e. The zero-order chi connectivity index (χ0) is 27.9. The van der Waals surface area contributed by atoms with Crippen molar-refractivity contribution in [3.05, 3.63) is 145 Å². The van der Waals surface area contributed by atoms with Crippen LogP contribution in [-0.2, 0) is 0 Å². The summed E-state index contributed by atoms with van der Waals surface area (Å²) in [7, 11) is 0. The number of benzene rings is 5. The molecule has 0 aliphatic carbocycles. The monoisotopic (exact) mass is 543 g/mol. The molecule has 3 heterocycles. The van der Waals surface area contributed by atoms with Crippen LogP contribution in [0.25, 0.3) is 39.6 Å². The number of rotatable bonds is 5. The maximum absolute atomic E-state index is 6.39. The van der Waals surface area contributed by atoms with Crippen LogP contribution in [0.1, 0.15) is 11.1 Å². The molecule has 0 bridgehead atoms. The van der Waals surface area contributed by atoms with Gasteiger partial charge in [0.05, 0.1) is 22.4 Å². The lowest BCUT2D eigenvalue weighted by Gasteiger charge is -2.17. The Morgan fingerprint density at radius 1 is 0.548 bits per heavy atom. The van der Waals surface area contributed by atoms with Crippen LogP contribution < -0.4 is 14.8 Å². The van der Waals surface area contributed by atoms with Gasteiger partial charge in [0, 0.05) is 46.4 Å². The van der Waals surface area contributed by atoms with Gasteiger partial charge in [-0.3, -0.25) is 0 Å². The summed E-state index contributed by atoms with van der Waals surface area (Å²) in [4.78, 5) is 4.25. The molecule has 5 nitrogen and oxygen atoms in total. The van der Waals surface area contributed by atoms with Crippen molar-refractivity contribution >= 4 is 45.3 Å². The molecule has 1 aliphatic rings. The molecular formula is C37H25N3O2. The standard InChI is InChI=1S/C37H25N3O2/c1-3-14-32-25(9-1)18-19-26-10-7-16-34(37(26)39-32)40-33-15-4-2-13-30(33)31-21-20-29(24-35(31)40)41-27-11-8-12-28(23-27)42-36-17-5-6-22-38-36/h1-24,39H. The molecule has 0 fully saturated rings.